The van der Waals surface area contributed by atoms with Gasteiger partial charge in [0.1, 0.15) is 0 Å². The number of fused-ring (bicyclic) bond motifs is 2. The number of hydrogen-bond donors (Lipinski definition) is 0. The molecule has 0 aromatic heterocycles. The Labute approximate surface area is 132 Å². The molecule has 0 aliphatic heterocycles. The van der Waals surface area contributed by atoms with E-state index in [1.54, 1.807) is 5.57 Å². The summed E-state index contributed by atoms with van der Waals surface area (Å²) < 4.78 is 0. The Morgan fingerprint density at radius 2 is 1.32 bits per heavy atom. The third-order valence-electron chi connectivity index (χ3n) is 4.77. The van der Waals surface area contributed by atoms with Gasteiger partial charge in [0.05, 0.1) is 0 Å². The van der Waals surface area contributed by atoms with Crippen molar-refractivity contribution in [1.82, 2.24) is 0 Å². The largest absolute Gasteiger partial charge is 0.0811 e. The molecule has 2 aromatic carbocycles. The van der Waals surface area contributed by atoms with E-state index in [4.69, 9.17) is 0 Å². The van der Waals surface area contributed by atoms with E-state index in [2.05, 4.69) is 85.0 Å². The molecule has 0 heterocycles. The predicted molar refractivity (Wildman–Crippen MR) is 93.4 cm³/mol. The van der Waals surface area contributed by atoms with Crippen LogP contribution in [0.15, 0.2) is 90.5 Å². The molecule has 4 rings (SSSR count). The second kappa shape index (κ2) is 5.81. The minimum atomic E-state index is 0.579. The molecule has 0 heteroatoms. The van der Waals surface area contributed by atoms with Crippen molar-refractivity contribution in [2.24, 2.45) is 11.8 Å². The van der Waals surface area contributed by atoms with Crippen molar-refractivity contribution >= 4 is 5.57 Å². The van der Waals surface area contributed by atoms with Gasteiger partial charge in [0.2, 0.25) is 0 Å². The molecule has 1 saturated carbocycles. The third-order valence-corrected chi connectivity index (χ3v) is 4.77. The highest BCUT2D eigenvalue weighted by atomic mass is 14.3. The summed E-state index contributed by atoms with van der Waals surface area (Å²) in [5.74, 6) is 1.27. The van der Waals surface area contributed by atoms with E-state index < -0.39 is 0 Å². The molecule has 0 saturated heterocycles. The fraction of sp³-hybridized carbons (Fsp3) is 0.182. The van der Waals surface area contributed by atoms with Gasteiger partial charge in [-0.1, -0.05) is 90.5 Å². The van der Waals surface area contributed by atoms with Gasteiger partial charge < -0.3 is 0 Å². The smallest absolute Gasteiger partial charge is 0.000479 e. The molecule has 2 atom stereocenters. The van der Waals surface area contributed by atoms with Crippen LogP contribution in [0.4, 0.5) is 0 Å². The lowest BCUT2D eigenvalue weighted by atomic mass is 9.88. The summed E-state index contributed by atoms with van der Waals surface area (Å²) in [4.78, 5) is 0. The lowest BCUT2D eigenvalue weighted by Gasteiger charge is -2.17. The molecule has 2 aliphatic carbocycles. The molecular weight excluding hydrogens is 264 g/mol. The number of allylic oxidation sites excluding steroid dienone is 5. The quantitative estimate of drug-likeness (QED) is 0.669. The zero-order chi connectivity index (χ0) is 14.8. The highest BCUT2D eigenvalue weighted by molar-refractivity contribution is 5.83. The second-order valence-corrected chi connectivity index (χ2v) is 6.21. The van der Waals surface area contributed by atoms with E-state index in [1.807, 2.05) is 0 Å². The van der Waals surface area contributed by atoms with Gasteiger partial charge in [-0.05, 0) is 41.4 Å². The van der Waals surface area contributed by atoms with Crippen molar-refractivity contribution in [3.63, 3.8) is 0 Å². The van der Waals surface area contributed by atoms with Crippen LogP contribution in [0.3, 0.4) is 0 Å². The molecular formula is C22H20. The molecule has 108 valence electrons. The van der Waals surface area contributed by atoms with Crippen LogP contribution in [0.5, 0.6) is 0 Å². The van der Waals surface area contributed by atoms with Crippen LogP contribution in [-0.4, -0.2) is 0 Å². The molecule has 2 unspecified atom stereocenters. The molecule has 1 fully saturated rings. The van der Waals surface area contributed by atoms with Gasteiger partial charge in [-0.2, -0.15) is 0 Å². The van der Waals surface area contributed by atoms with Crippen LogP contribution < -0.4 is 0 Å². The maximum absolute atomic E-state index is 2.38. The zero-order valence-electron chi connectivity index (χ0n) is 12.7. The molecule has 0 spiro atoms. The van der Waals surface area contributed by atoms with Crippen molar-refractivity contribution in [1.29, 1.82) is 0 Å². The predicted octanol–water partition coefficient (Wildman–Crippen LogP) is 5.64. The van der Waals surface area contributed by atoms with Crippen LogP contribution in [-0.2, 0) is 0 Å². The standard InChI is InChI=1S/C22H20/c1-3-10-18(11-4-1)22(19-12-5-2-6-13-19)21-16-17-9-7-8-14-20(21)15-17/h1-14,17,20H,15-16H2. The van der Waals surface area contributed by atoms with Crippen molar-refractivity contribution < 1.29 is 0 Å². The first-order chi connectivity index (χ1) is 10.9. The van der Waals surface area contributed by atoms with Gasteiger partial charge >= 0.3 is 0 Å². The highest BCUT2D eigenvalue weighted by Gasteiger charge is 2.30. The second-order valence-electron chi connectivity index (χ2n) is 6.21. The molecule has 0 nitrogen and oxygen atoms in total. The van der Waals surface area contributed by atoms with Gasteiger partial charge in [-0.25, -0.2) is 0 Å². The topological polar surface area (TPSA) is 0 Å². The van der Waals surface area contributed by atoms with Crippen LogP contribution in [0, 0.1) is 11.8 Å². The van der Waals surface area contributed by atoms with Crippen molar-refractivity contribution in [3.8, 4) is 0 Å². The molecule has 0 radical (unpaired) electrons. The zero-order valence-corrected chi connectivity index (χ0v) is 12.7. The average molecular weight is 284 g/mol. The first-order valence-electron chi connectivity index (χ1n) is 8.11. The SMILES string of the molecule is C1=CC2CC(=C(c3ccccc3)c3ccccc3)C(C=C1)C2. The van der Waals surface area contributed by atoms with Crippen LogP contribution in [0.25, 0.3) is 5.57 Å². The Hall–Kier alpha value is -2.34. The Morgan fingerprint density at radius 3 is 1.95 bits per heavy atom. The van der Waals surface area contributed by atoms with Crippen LogP contribution in [0.1, 0.15) is 24.0 Å². The summed E-state index contributed by atoms with van der Waals surface area (Å²) >= 11 is 0. The maximum atomic E-state index is 2.38. The van der Waals surface area contributed by atoms with Crippen LogP contribution >= 0.6 is 0 Å². The first-order valence-corrected chi connectivity index (χ1v) is 8.11. The molecule has 2 aliphatic rings. The highest BCUT2D eigenvalue weighted by Crippen LogP contribution is 2.44. The van der Waals surface area contributed by atoms with Gasteiger partial charge in [0.25, 0.3) is 0 Å². The average Bonchev–Trinajstić information content (AvgIpc) is 2.80. The van der Waals surface area contributed by atoms with Crippen molar-refractivity contribution in [2.75, 3.05) is 0 Å². The van der Waals surface area contributed by atoms with Gasteiger partial charge in [-0.3, -0.25) is 0 Å². The van der Waals surface area contributed by atoms with Crippen LogP contribution in [0.2, 0.25) is 0 Å². The lowest BCUT2D eigenvalue weighted by molar-refractivity contribution is 0.651. The molecule has 2 bridgehead atoms. The summed E-state index contributed by atoms with van der Waals surface area (Å²) in [6, 6.07) is 21.7. The summed E-state index contributed by atoms with van der Waals surface area (Å²) in [6.45, 7) is 0. The fourth-order valence-corrected chi connectivity index (χ4v) is 3.78. The van der Waals surface area contributed by atoms with E-state index in [0.717, 1.165) is 0 Å². The number of hydrogen-bond acceptors (Lipinski definition) is 0. The lowest BCUT2D eigenvalue weighted by Crippen LogP contribution is -1.99. The van der Waals surface area contributed by atoms with E-state index >= 15 is 0 Å². The summed E-state index contributed by atoms with van der Waals surface area (Å²) in [5.41, 5.74) is 5.72. The fourth-order valence-electron chi connectivity index (χ4n) is 3.78. The molecule has 2 aromatic rings. The Balaban J connectivity index is 1.90. The van der Waals surface area contributed by atoms with Crippen molar-refractivity contribution in [2.45, 2.75) is 12.8 Å². The normalized spacial score (nSPS) is 22.6. The Bertz CT molecular complexity index is 691. The summed E-state index contributed by atoms with van der Waals surface area (Å²) in [7, 11) is 0. The van der Waals surface area contributed by atoms with Gasteiger partial charge in [0, 0.05) is 0 Å². The summed E-state index contributed by atoms with van der Waals surface area (Å²) in [5, 5.41) is 0. The minimum Gasteiger partial charge on any atom is -0.0811 e. The van der Waals surface area contributed by atoms with Gasteiger partial charge in [-0.15, -0.1) is 0 Å². The number of rotatable bonds is 2. The molecule has 22 heavy (non-hydrogen) atoms. The van der Waals surface area contributed by atoms with E-state index in [0.29, 0.717) is 11.8 Å². The summed E-state index contributed by atoms with van der Waals surface area (Å²) in [6.07, 6.45) is 11.6. The molecule has 0 amide bonds. The van der Waals surface area contributed by atoms with E-state index in [-0.39, 0.29) is 0 Å². The third kappa shape index (κ3) is 2.46. The maximum Gasteiger partial charge on any atom is -0.000479 e. The van der Waals surface area contributed by atoms with Gasteiger partial charge in [0.15, 0.2) is 0 Å². The first kappa shape index (κ1) is 13.3. The monoisotopic (exact) mass is 284 g/mol. The number of benzene rings is 2. The minimum absolute atomic E-state index is 0.579. The van der Waals surface area contributed by atoms with E-state index in [9.17, 15) is 0 Å². The Kier molecular flexibility index (Phi) is 3.52. The molecule has 0 N–H and O–H groups in total. The Morgan fingerprint density at radius 1 is 0.727 bits per heavy atom. The van der Waals surface area contributed by atoms with E-state index in [1.165, 1.54) is 29.5 Å². The van der Waals surface area contributed by atoms with Crippen molar-refractivity contribution in [3.05, 3.63) is 102 Å².